The predicted molar refractivity (Wildman–Crippen MR) is 86.6 cm³/mol. The Kier molecular flexibility index (Phi) is 5.76. The Morgan fingerprint density at radius 2 is 1.95 bits per heavy atom. The lowest BCUT2D eigenvalue weighted by atomic mass is 10.1. The number of sulfonamides is 1. The normalized spacial score (nSPS) is 16.2. The lowest BCUT2D eigenvalue weighted by Crippen LogP contribution is -2.46. The molecule has 0 atom stereocenters. The van der Waals surface area contributed by atoms with Gasteiger partial charge >= 0.3 is 0 Å². The van der Waals surface area contributed by atoms with E-state index in [-0.39, 0.29) is 5.91 Å². The van der Waals surface area contributed by atoms with Gasteiger partial charge in [-0.1, -0.05) is 12.1 Å². The number of carbonyl (C=O) groups is 1. The molecule has 0 radical (unpaired) electrons. The Morgan fingerprint density at radius 1 is 1.27 bits per heavy atom. The van der Waals surface area contributed by atoms with Gasteiger partial charge in [-0.15, -0.1) is 0 Å². The average molecular weight is 326 g/mol. The zero-order chi connectivity index (χ0) is 16.0. The number of para-hydroxylation sites is 1. The van der Waals surface area contributed by atoms with Crippen LogP contribution in [0.3, 0.4) is 0 Å². The van der Waals surface area contributed by atoms with E-state index in [9.17, 15) is 13.2 Å². The van der Waals surface area contributed by atoms with Gasteiger partial charge in [0.05, 0.1) is 17.5 Å². The van der Waals surface area contributed by atoms with Gasteiger partial charge in [0, 0.05) is 39.3 Å². The van der Waals surface area contributed by atoms with Gasteiger partial charge in [-0.05, 0) is 12.1 Å². The average Bonchev–Trinajstić information content (AvgIpc) is 2.47. The number of hydrogen-bond acceptors (Lipinski definition) is 5. The van der Waals surface area contributed by atoms with Crippen LogP contribution in [-0.2, 0) is 10.0 Å². The van der Waals surface area contributed by atoms with Crippen molar-refractivity contribution in [3.05, 3.63) is 29.8 Å². The van der Waals surface area contributed by atoms with Crippen molar-refractivity contribution in [2.45, 2.75) is 0 Å². The number of piperazine rings is 1. The molecule has 1 aromatic rings. The molecule has 1 heterocycles. The number of benzene rings is 1. The van der Waals surface area contributed by atoms with Crippen molar-refractivity contribution in [3.8, 4) is 0 Å². The third kappa shape index (κ3) is 5.28. The van der Waals surface area contributed by atoms with Crippen molar-refractivity contribution in [3.63, 3.8) is 0 Å². The molecule has 2 rings (SSSR count). The summed E-state index contributed by atoms with van der Waals surface area (Å²) in [7, 11) is -3.42. The fraction of sp³-hybridized carbons (Fsp3) is 0.500. The fourth-order valence-corrected chi connectivity index (χ4v) is 2.90. The van der Waals surface area contributed by atoms with Gasteiger partial charge in [-0.2, -0.15) is 0 Å². The number of hydrogen-bond donors (Lipinski definition) is 3. The SMILES string of the molecule is CS(=O)(=O)Nc1ccccc1C(=O)NCCN1CCNCC1. The highest BCUT2D eigenvalue weighted by atomic mass is 32.2. The van der Waals surface area contributed by atoms with Crippen LogP contribution >= 0.6 is 0 Å². The van der Waals surface area contributed by atoms with Crippen molar-refractivity contribution >= 4 is 21.6 Å². The molecule has 0 unspecified atom stereocenters. The molecular formula is C14H22N4O3S. The lowest BCUT2D eigenvalue weighted by molar-refractivity contribution is 0.0948. The largest absolute Gasteiger partial charge is 0.351 e. The van der Waals surface area contributed by atoms with Crippen LogP contribution in [0, 0.1) is 0 Å². The van der Waals surface area contributed by atoms with Crippen LogP contribution in [0.1, 0.15) is 10.4 Å². The van der Waals surface area contributed by atoms with E-state index in [0.29, 0.717) is 17.8 Å². The zero-order valence-corrected chi connectivity index (χ0v) is 13.4. The van der Waals surface area contributed by atoms with E-state index in [0.717, 1.165) is 39.0 Å². The Bertz CT molecular complexity index is 612. The van der Waals surface area contributed by atoms with Gasteiger partial charge in [-0.3, -0.25) is 14.4 Å². The predicted octanol–water partition coefficient (Wildman–Crippen LogP) is -0.307. The minimum atomic E-state index is -3.42. The zero-order valence-electron chi connectivity index (χ0n) is 12.6. The molecule has 1 fully saturated rings. The van der Waals surface area contributed by atoms with Crippen LogP contribution in [0.5, 0.6) is 0 Å². The number of carbonyl (C=O) groups excluding carboxylic acids is 1. The summed E-state index contributed by atoms with van der Waals surface area (Å²) in [6.07, 6.45) is 1.06. The maximum Gasteiger partial charge on any atom is 0.253 e. The molecule has 0 aromatic heterocycles. The molecular weight excluding hydrogens is 304 g/mol. The fourth-order valence-electron chi connectivity index (χ4n) is 2.33. The standard InChI is InChI=1S/C14H22N4O3S/c1-22(20,21)17-13-5-3-2-4-12(13)14(19)16-8-11-18-9-6-15-7-10-18/h2-5,15,17H,6-11H2,1H3,(H,16,19). The smallest absolute Gasteiger partial charge is 0.253 e. The molecule has 1 aromatic carbocycles. The highest BCUT2D eigenvalue weighted by Crippen LogP contribution is 2.15. The third-order valence-electron chi connectivity index (χ3n) is 3.39. The Hall–Kier alpha value is -1.64. The number of rotatable bonds is 6. The van der Waals surface area contributed by atoms with E-state index in [1.807, 2.05) is 0 Å². The van der Waals surface area contributed by atoms with Gasteiger partial charge in [-0.25, -0.2) is 8.42 Å². The number of anilines is 1. The first kappa shape index (κ1) is 16.7. The molecule has 1 aliphatic rings. The summed E-state index contributed by atoms with van der Waals surface area (Å²) in [6, 6.07) is 6.57. The number of nitrogens with zero attached hydrogens (tertiary/aromatic N) is 1. The van der Waals surface area contributed by atoms with Gasteiger partial charge in [0.15, 0.2) is 0 Å². The van der Waals surface area contributed by atoms with Crippen molar-refractivity contribution in [1.29, 1.82) is 0 Å². The molecule has 0 aliphatic carbocycles. The topological polar surface area (TPSA) is 90.5 Å². The van der Waals surface area contributed by atoms with Gasteiger partial charge < -0.3 is 10.6 Å². The van der Waals surface area contributed by atoms with E-state index in [1.54, 1.807) is 24.3 Å². The minimum Gasteiger partial charge on any atom is -0.351 e. The molecule has 8 heteroatoms. The summed E-state index contributed by atoms with van der Waals surface area (Å²) in [5, 5.41) is 6.11. The minimum absolute atomic E-state index is 0.276. The molecule has 0 spiro atoms. The quantitative estimate of drug-likeness (QED) is 0.667. The van der Waals surface area contributed by atoms with E-state index >= 15 is 0 Å². The highest BCUT2D eigenvalue weighted by Gasteiger charge is 2.14. The van der Waals surface area contributed by atoms with E-state index in [1.165, 1.54) is 0 Å². The second-order valence-electron chi connectivity index (χ2n) is 5.27. The maximum absolute atomic E-state index is 12.2. The van der Waals surface area contributed by atoms with Crippen LogP contribution in [0.15, 0.2) is 24.3 Å². The van der Waals surface area contributed by atoms with Crippen molar-refractivity contribution in [2.75, 3.05) is 50.2 Å². The molecule has 0 saturated carbocycles. The second kappa shape index (κ2) is 7.57. The molecule has 7 nitrogen and oxygen atoms in total. The van der Waals surface area contributed by atoms with Gasteiger partial charge in [0.1, 0.15) is 0 Å². The van der Waals surface area contributed by atoms with Crippen LogP contribution in [-0.4, -0.2) is 64.7 Å². The summed E-state index contributed by atoms with van der Waals surface area (Å²) < 4.78 is 25.0. The molecule has 1 aliphatic heterocycles. The van der Waals surface area contributed by atoms with Crippen LogP contribution < -0.4 is 15.4 Å². The van der Waals surface area contributed by atoms with E-state index in [2.05, 4.69) is 20.3 Å². The van der Waals surface area contributed by atoms with Crippen LogP contribution in [0.4, 0.5) is 5.69 Å². The summed E-state index contributed by atoms with van der Waals surface area (Å²) in [5.41, 5.74) is 0.623. The second-order valence-corrected chi connectivity index (χ2v) is 7.02. The van der Waals surface area contributed by atoms with Crippen molar-refractivity contribution < 1.29 is 13.2 Å². The first-order valence-corrected chi connectivity index (χ1v) is 9.13. The maximum atomic E-state index is 12.2. The Labute approximate surface area is 131 Å². The summed E-state index contributed by atoms with van der Waals surface area (Å²) in [6.45, 7) is 5.20. The molecule has 1 amide bonds. The van der Waals surface area contributed by atoms with Crippen LogP contribution in [0.2, 0.25) is 0 Å². The molecule has 3 N–H and O–H groups in total. The van der Waals surface area contributed by atoms with Gasteiger partial charge in [0.25, 0.3) is 5.91 Å². The van der Waals surface area contributed by atoms with Crippen LogP contribution in [0.25, 0.3) is 0 Å². The number of nitrogens with one attached hydrogen (secondary N) is 3. The van der Waals surface area contributed by atoms with E-state index < -0.39 is 10.0 Å². The first-order chi connectivity index (χ1) is 10.5. The third-order valence-corrected chi connectivity index (χ3v) is 3.98. The summed E-state index contributed by atoms with van der Waals surface area (Å²) in [5.74, 6) is -0.276. The first-order valence-electron chi connectivity index (χ1n) is 7.24. The number of amides is 1. The van der Waals surface area contributed by atoms with Crippen molar-refractivity contribution in [2.24, 2.45) is 0 Å². The monoisotopic (exact) mass is 326 g/mol. The summed E-state index contributed by atoms with van der Waals surface area (Å²) in [4.78, 5) is 14.5. The van der Waals surface area contributed by atoms with Crippen molar-refractivity contribution in [1.82, 2.24) is 15.5 Å². The summed E-state index contributed by atoms with van der Waals surface area (Å²) >= 11 is 0. The van der Waals surface area contributed by atoms with Gasteiger partial charge in [0.2, 0.25) is 10.0 Å². The molecule has 122 valence electrons. The molecule has 22 heavy (non-hydrogen) atoms. The van der Waals surface area contributed by atoms with E-state index in [4.69, 9.17) is 0 Å². The Balaban J connectivity index is 1.91. The highest BCUT2D eigenvalue weighted by molar-refractivity contribution is 7.92. The molecule has 1 saturated heterocycles. The Morgan fingerprint density at radius 3 is 2.64 bits per heavy atom. The molecule has 0 bridgehead atoms. The lowest BCUT2D eigenvalue weighted by Gasteiger charge is -2.27.